The molecular formula is C15H16FNO2S. The monoisotopic (exact) mass is 293 g/mol. The van der Waals surface area contributed by atoms with Crippen molar-refractivity contribution in [2.75, 3.05) is 0 Å². The number of aryl methyl sites for hydroxylation is 2. The number of hydrogen-bond donors (Lipinski definition) is 2. The largest absolute Gasteiger partial charge is 0.478 e. The zero-order chi connectivity index (χ0) is 14.7. The molecular weight excluding hydrogens is 277 g/mol. The van der Waals surface area contributed by atoms with Crippen molar-refractivity contribution in [1.29, 1.82) is 0 Å². The fourth-order valence-electron chi connectivity index (χ4n) is 1.90. The van der Waals surface area contributed by atoms with Crippen molar-refractivity contribution in [1.82, 2.24) is 5.32 Å². The molecule has 0 bridgehead atoms. The third-order valence-electron chi connectivity index (χ3n) is 3.12. The van der Waals surface area contributed by atoms with Crippen molar-refractivity contribution in [3.8, 4) is 0 Å². The van der Waals surface area contributed by atoms with Crippen LogP contribution >= 0.6 is 11.3 Å². The highest BCUT2D eigenvalue weighted by molar-refractivity contribution is 7.12. The van der Waals surface area contributed by atoms with Crippen LogP contribution in [0.15, 0.2) is 24.3 Å². The van der Waals surface area contributed by atoms with Crippen molar-refractivity contribution in [2.45, 2.75) is 26.9 Å². The van der Waals surface area contributed by atoms with Crippen molar-refractivity contribution in [3.63, 3.8) is 0 Å². The highest BCUT2D eigenvalue weighted by atomic mass is 32.1. The van der Waals surface area contributed by atoms with Gasteiger partial charge in [0, 0.05) is 28.4 Å². The van der Waals surface area contributed by atoms with Crippen LogP contribution in [-0.4, -0.2) is 11.1 Å². The van der Waals surface area contributed by atoms with Gasteiger partial charge in [-0.3, -0.25) is 0 Å². The topological polar surface area (TPSA) is 49.3 Å². The Kier molecular flexibility index (Phi) is 4.52. The fourth-order valence-corrected chi connectivity index (χ4v) is 2.92. The minimum atomic E-state index is -1.05. The van der Waals surface area contributed by atoms with Gasteiger partial charge in [-0.15, -0.1) is 11.3 Å². The molecule has 20 heavy (non-hydrogen) atoms. The van der Waals surface area contributed by atoms with E-state index in [1.807, 2.05) is 0 Å². The first-order chi connectivity index (χ1) is 9.47. The van der Waals surface area contributed by atoms with E-state index in [9.17, 15) is 9.18 Å². The highest BCUT2D eigenvalue weighted by Gasteiger charge is 2.08. The van der Waals surface area contributed by atoms with Crippen LogP contribution in [-0.2, 0) is 13.1 Å². The number of thiophene rings is 1. The summed E-state index contributed by atoms with van der Waals surface area (Å²) in [6.07, 6.45) is 0. The van der Waals surface area contributed by atoms with Crippen LogP contribution in [0.25, 0.3) is 0 Å². The van der Waals surface area contributed by atoms with E-state index in [4.69, 9.17) is 5.11 Å². The summed E-state index contributed by atoms with van der Waals surface area (Å²) in [4.78, 5) is 13.3. The molecule has 1 aromatic heterocycles. The molecule has 0 unspecified atom stereocenters. The van der Waals surface area contributed by atoms with Gasteiger partial charge in [-0.05, 0) is 43.7 Å². The van der Waals surface area contributed by atoms with E-state index in [0.29, 0.717) is 18.7 Å². The van der Waals surface area contributed by atoms with Gasteiger partial charge in [-0.25, -0.2) is 9.18 Å². The Bertz CT molecular complexity index is 617. The number of halogens is 1. The molecule has 0 fully saturated rings. The average Bonchev–Trinajstić information content (AvgIpc) is 2.70. The normalized spacial score (nSPS) is 10.8. The molecule has 0 spiro atoms. The van der Waals surface area contributed by atoms with E-state index in [1.54, 1.807) is 11.3 Å². The fraction of sp³-hybridized carbons (Fsp3) is 0.267. The summed E-state index contributed by atoms with van der Waals surface area (Å²) < 4.78 is 13.6. The molecule has 0 amide bonds. The Morgan fingerprint density at radius 3 is 2.65 bits per heavy atom. The number of aromatic carboxylic acids is 1. The number of carboxylic acids is 1. The van der Waals surface area contributed by atoms with E-state index in [1.165, 1.54) is 33.5 Å². The molecule has 2 N–H and O–H groups in total. The zero-order valence-corrected chi connectivity index (χ0v) is 12.2. The standard InChI is InChI=1S/C15H16FNO2S/c1-9-5-13(20-10(9)2)8-17-7-12-6-11(15(18)19)3-4-14(12)16/h3-6,17H,7-8H2,1-2H3,(H,18,19). The Balaban J connectivity index is 2.00. The second-order valence-electron chi connectivity index (χ2n) is 4.67. The molecule has 0 aliphatic rings. The van der Waals surface area contributed by atoms with Gasteiger partial charge >= 0.3 is 5.97 Å². The molecule has 0 aliphatic carbocycles. The predicted molar refractivity (Wildman–Crippen MR) is 77.7 cm³/mol. The molecule has 3 nitrogen and oxygen atoms in total. The highest BCUT2D eigenvalue weighted by Crippen LogP contribution is 2.20. The van der Waals surface area contributed by atoms with Gasteiger partial charge in [0.1, 0.15) is 5.82 Å². The summed E-state index contributed by atoms with van der Waals surface area (Å²) in [7, 11) is 0. The van der Waals surface area contributed by atoms with E-state index in [-0.39, 0.29) is 11.4 Å². The maximum absolute atomic E-state index is 13.6. The molecule has 2 aromatic rings. The van der Waals surface area contributed by atoms with Crippen LogP contribution < -0.4 is 5.32 Å². The van der Waals surface area contributed by atoms with Crippen LogP contribution in [0, 0.1) is 19.7 Å². The van der Waals surface area contributed by atoms with Crippen molar-refractivity contribution >= 4 is 17.3 Å². The van der Waals surface area contributed by atoms with E-state index in [0.717, 1.165) is 0 Å². The number of rotatable bonds is 5. The van der Waals surface area contributed by atoms with Crippen molar-refractivity contribution < 1.29 is 14.3 Å². The second-order valence-corrected chi connectivity index (χ2v) is 6.01. The summed E-state index contributed by atoms with van der Waals surface area (Å²) in [5, 5.41) is 12.0. The Morgan fingerprint density at radius 2 is 2.05 bits per heavy atom. The first-order valence-electron chi connectivity index (χ1n) is 6.25. The third-order valence-corrected chi connectivity index (χ3v) is 4.28. The number of carbonyl (C=O) groups is 1. The quantitative estimate of drug-likeness (QED) is 0.887. The zero-order valence-electron chi connectivity index (χ0n) is 11.4. The molecule has 5 heteroatoms. The SMILES string of the molecule is Cc1cc(CNCc2cc(C(=O)O)ccc2F)sc1C. The smallest absolute Gasteiger partial charge is 0.335 e. The first kappa shape index (κ1) is 14.7. The molecule has 0 saturated carbocycles. The molecule has 0 saturated heterocycles. The Morgan fingerprint density at radius 1 is 1.30 bits per heavy atom. The van der Waals surface area contributed by atoms with Crippen molar-refractivity contribution in [3.05, 3.63) is 56.5 Å². The van der Waals surface area contributed by atoms with Crippen LogP contribution in [0.1, 0.15) is 31.2 Å². The van der Waals surface area contributed by atoms with Gasteiger partial charge < -0.3 is 10.4 Å². The summed E-state index contributed by atoms with van der Waals surface area (Å²) in [5.74, 6) is -1.43. The van der Waals surface area contributed by atoms with Crippen LogP contribution in [0.3, 0.4) is 0 Å². The van der Waals surface area contributed by atoms with Crippen molar-refractivity contribution in [2.24, 2.45) is 0 Å². The number of benzene rings is 1. The summed E-state index contributed by atoms with van der Waals surface area (Å²) in [6, 6.07) is 5.94. The maximum atomic E-state index is 13.6. The lowest BCUT2D eigenvalue weighted by Crippen LogP contribution is -2.13. The summed E-state index contributed by atoms with van der Waals surface area (Å²) in [5.41, 5.74) is 1.73. The lowest BCUT2D eigenvalue weighted by atomic mass is 10.1. The molecule has 0 aliphatic heterocycles. The Hall–Kier alpha value is -1.72. The number of nitrogens with one attached hydrogen (secondary N) is 1. The maximum Gasteiger partial charge on any atom is 0.335 e. The van der Waals surface area contributed by atoms with Gasteiger partial charge in [0.05, 0.1) is 5.56 Å². The Labute approximate surface area is 121 Å². The molecule has 106 valence electrons. The van der Waals surface area contributed by atoms with E-state index in [2.05, 4.69) is 25.2 Å². The minimum absolute atomic E-state index is 0.103. The molecule has 1 heterocycles. The minimum Gasteiger partial charge on any atom is -0.478 e. The first-order valence-corrected chi connectivity index (χ1v) is 7.07. The van der Waals surface area contributed by atoms with Crippen LogP contribution in [0.2, 0.25) is 0 Å². The van der Waals surface area contributed by atoms with Crippen LogP contribution in [0.5, 0.6) is 0 Å². The predicted octanol–water partition coefficient (Wildman–Crippen LogP) is 3.49. The molecule has 0 radical (unpaired) electrons. The molecule has 0 atom stereocenters. The second kappa shape index (κ2) is 6.15. The van der Waals surface area contributed by atoms with Gasteiger partial charge in [-0.1, -0.05) is 0 Å². The van der Waals surface area contributed by atoms with E-state index < -0.39 is 5.97 Å². The number of carboxylic acid groups (broad SMARTS) is 1. The lowest BCUT2D eigenvalue weighted by molar-refractivity contribution is 0.0696. The van der Waals surface area contributed by atoms with Gasteiger partial charge in [0.25, 0.3) is 0 Å². The average molecular weight is 293 g/mol. The summed E-state index contributed by atoms with van der Waals surface area (Å²) in [6.45, 7) is 5.09. The van der Waals surface area contributed by atoms with Gasteiger partial charge in [0.2, 0.25) is 0 Å². The van der Waals surface area contributed by atoms with Gasteiger partial charge in [0.15, 0.2) is 0 Å². The van der Waals surface area contributed by atoms with E-state index >= 15 is 0 Å². The summed E-state index contributed by atoms with van der Waals surface area (Å²) >= 11 is 1.71. The molecule has 2 rings (SSSR count). The third kappa shape index (κ3) is 3.43. The number of hydrogen-bond acceptors (Lipinski definition) is 3. The lowest BCUT2D eigenvalue weighted by Gasteiger charge is -2.06. The van der Waals surface area contributed by atoms with Crippen LogP contribution in [0.4, 0.5) is 4.39 Å². The van der Waals surface area contributed by atoms with Gasteiger partial charge in [-0.2, -0.15) is 0 Å². The molecule has 1 aromatic carbocycles.